The molecule has 1 saturated heterocycles. The van der Waals surface area contributed by atoms with Gasteiger partial charge in [0.2, 0.25) is 5.69 Å². The van der Waals surface area contributed by atoms with Crippen molar-refractivity contribution in [2.75, 3.05) is 36.9 Å². The van der Waals surface area contributed by atoms with Gasteiger partial charge in [-0.2, -0.15) is 0 Å². The van der Waals surface area contributed by atoms with E-state index in [-0.39, 0.29) is 23.7 Å². The number of carbonyl (C=O) groups is 1. The Morgan fingerprint density at radius 1 is 1.02 bits per heavy atom. The number of aromatic nitrogens is 1. The number of aliphatic hydroxyl groups is 1. The van der Waals surface area contributed by atoms with Crippen molar-refractivity contribution in [3.05, 3.63) is 89.9 Å². The molecule has 11 heteroatoms. The van der Waals surface area contributed by atoms with Gasteiger partial charge in [0, 0.05) is 29.9 Å². The Hall–Kier alpha value is -4.79. The number of aliphatic hydroxyl groups excluding tert-OH is 1. The first kappa shape index (κ1) is 28.7. The first-order valence-corrected chi connectivity index (χ1v) is 13.5. The number of ether oxygens (including phenoxy) is 2. The lowest BCUT2D eigenvalue weighted by atomic mass is 10.1. The van der Waals surface area contributed by atoms with Gasteiger partial charge >= 0.3 is 6.03 Å². The molecule has 2 heterocycles. The van der Waals surface area contributed by atoms with Crippen LogP contribution in [0.25, 0.3) is 15.7 Å². The third-order valence-electron chi connectivity index (χ3n) is 6.77. The second-order valence-electron chi connectivity index (χ2n) is 9.91. The van der Waals surface area contributed by atoms with E-state index < -0.39 is 23.8 Å². The van der Waals surface area contributed by atoms with E-state index in [1.165, 1.54) is 49.0 Å². The molecule has 3 N–H and O–H groups in total. The Labute approximate surface area is 241 Å². The summed E-state index contributed by atoms with van der Waals surface area (Å²) >= 11 is 0. The van der Waals surface area contributed by atoms with Crippen LogP contribution in [0.5, 0.6) is 17.2 Å². The average molecular weight is 574 g/mol. The number of piperidine rings is 1. The zero-order valence-corrected chi connectivity index (χ0v) is 22.6. The number of pyridine rings is 1. The monoisotopic (exact) mass is 573 g/mol. The fourth-order valence-electron chi connectivity index (χ4n) is 4.71. The number of likely N-dealkylation sites (tertiary alicyclic amines) is 1. The molecule has 1 unspecified atom stereocenters. The van der Waals surface area contributed by atoms with E-state index in [1.807, 2.05) is 0 Å². The van der Waals surface area contributed by atoms with E-state index >= 15 is 0 Å². The number of carbonyl (C=O) groups excluding carboxylic acids is 1. The third-order valence-corrected chi connectivity index (χ3v) is 6.77. The molecular weight excluding hydrogens is 544 g/mol. The van der Waals surface area contributed by atoms with Crippen molar-refractivity contribution < 1.29 is 28.2 Å². The van der Waals surface area contributed by atoms with Crippen LogP contribution in [0.1, 0.15) is 19.3 Å². The molecule has 0 bridgehead atoms. The summed E-state index contributed by atoms with van der Waals surface area (Å²) < 4.78 is 39.6. The zero-order chi connectivity index (χ0) is 29.5. The lowest BCUT2D eigenvalue weighted by Crippen LogP contribution is -2.38. The second-order valence-corrected chi connectivity index (χ2v) is 9.91. The van der Waals surface area contributed by atoms with E-state index in [2.05, 4.69) is 25.4 Å². The fourth-order valence-corrected chi connectivity index (χ4v) is 4.71. The van der Waals surface area contributed by atoms with Crippen molar-refractivity contribution in [1.82, 2.24) is 9.88 Å². The van der Waals surface area contributed by atoms with Gasteiger partial charge in [-0.3, -0.25) is 4.98 Å². The molecule has 0 radical (unpaired) electrons. The minimum absolute atomic E-state index is 0.0439. The summed E-state index contributed by atoms with van der Waals surface area (Å²) in [6, 6.07) is 13.2. The van der Waals surface area contributed by atoms with Crippen molar-refractivity contribution in [2.24, 2.45) is 0 Å². The Morgan fingerprint density at radius 3 is 2.55 bits per heavy atom. The summed E-state index contributed by atoms with van der Waals surface area (Å²) in [6.45, 7) is 10.1. The highest BCUT2D eigenvalue weighted by Gasteiger charge is 2.17. The number of hydrogen-bond acceptors (Lipinski definition) is 6. The van der Waals surface area contributed by atoms with E-state index in [0.717, 1.165) is 32.0 Å². The first-order chi connectivity index (χ1) is 20.4. The average Bonchev–Trinajstić information content (AvgIpc) is 2.99. The van der Waals surface area contributed by atoms with E-state index in [9.17, 15) is 18.7 Å². The van der Waals surface area contributed by atoms with Crippen LogP contribution in [0.3, 0.4) is 0 Å². The van der Waals surface area contributed by atoms with Crippen LogP contribution < -0.4 is 20.1 Å². The van der Waals surface area contributed by atoms with Gasteiger partial charge in [0.1, 0.15) is 41.6 Å². The quantitative estimate of drug-likeness (QED) is 0.192. The van der Waals surface area contributed by atoms with Crippen molar-refractivity contribution in [1.29, 1.82) is 0 Å². The van der Waals surface area contributed by atoms with Gasteiger partial charge in [-0.15, -0.1) is 0 Å². The normalized spacial score (nSPS) is 14.1. The highest BCUT2D eigenvalue weighted by molar-refractivity contribution is 5.99. The van der Waals surface area contributed by atoms with Crippen LogP contribution in [0.15, 0.2) is 66.9 Å². The van der Waals surface area contributed by atoms with Crippen molar-refractivity contribution in [3.63, 3.8) is 0 Å². The first-order valence-electron chi connectivity index (χ1n) is 13.5. The molecule has 0 aliphatic carbocycles. The zero-order valence-electron chi connectivity index (χ0n) is 22.6. The number of nitrogens with one attached hydrogen (secondary N) is 2. The highest BCUT2D eigenvalue weighted by atomic mass is 19.1. The molecule has 9 nitrogen and oxygen atoms in total. The molecular formula is C31H29F2N5O4. The lowest BCUT2D eigenvalue weighted by molar-refractivity contribution is 0.0620. The van der Waals surface area contributed by atoms with Crippen molar-refractivity contribution in [3.8, 4) is 17.2 Å². The van der Waals surface area contributed by atoms with Gasteiger partial charge < -0.3 is 30.1 Å². The topological polar surface area (TPSA) is 100 Å². The molecule has 42 heavy (non-hydrogen) atoms. The number of benzene rings is 3. The van der Waals surface area contributed by atoms with Crippen LogP contribution in [-0.4, -0.2) is 53.4 Å². The fraction of sp³-hybridized carbons (Fsp3) is 0.258. The summed E-state index contributed by atoms with van der Waals surface area (Å²) in [5, 5.41) is 15.9. The maximum Gasteiger partial charge on any atom is 0.323 e. The minimum atomic E-state index is -0.735. The number of nitrogens with zero attached hydrogens (tertiary/aromatic N) is 3. The minimum Gasteiger partial charge on any atom is -0.502 e. The smallest absolute Gasteiger partial charge is 0.323 e. The Balaban J connectivity index is 1.26. The van der Waals surface area contributed by atoms with Gasteiger partial charge in [-0.1, -0.05) is 6.42 Å². The van der Waals surface area contributed by atoms with Crippen LogP contribution >= 0.6 is 0 Å². The molecule has 4 aromatic rings. The van der Waals surface area contributed by atoms with E-state index in [4.69, 9.17) is 16.0 Å². The number of amides is 2. The molecule has 3 aromatic carbocycles. The number of urea groups is 1. The van der Waals surface area contributed by atoms with Crippen LogP contribution in [0.4, 0.5) is 30.6 Å². The number of anilines is 2. The Kier molecular flexibility index (Phi) is 9.06. The molecule has 2 amide bonds. The molecule has 5 rings (SSSR count). The molecule has 1 aromatic heterocycles. The summed E-state index contributed by atoms with van der Waals surface area (Å²) in [5.41, 5.74) is 0.987. The summed E-state index contributed by atoms with van der Waals surface area (Å²) in [4.78, 5) is 22.4. The molecule has 216 valence electrons. The SMILES string of the molecule is [C-]#[N+]c1cc2c(Oc3ccc(NC(=O)Nc4ccc(F)cc4)c(F)c3)ccnc2cc1OCC(O)CN1CCCCC1. The molecule has 1 fully saturated rings. The molecule has 0 spiro atoms. The molecule has 1 aliphatic heterocycles. The Morgan fingerprint density at radius 2 is 1.81 bits per heavy atom. The van der Waals surface area contributed by atoms with E-state index in [1.54, 1.807) is 18.2 Å². The number of β-amino-alcohol motifs (C(OH)–C–C–N with tert-alkyl or cyclic N) is 1. The highest BCUT2D eigenvalue weighted by Crippen LogP contribution is 2.38. The summed E-state index contributed by atoms with van der Waals surface area (Å²) in [6.07, 6.45) is 4.29. The molecule has 1 aliphatic rings. The van der Waals surface area contributed by atoms with Crippen molar-refractivity contribution in [2.45, 2.75) is 25.4 Å². The van der Waals surface area contributed by atoms with Gasteiger partial charge in [0.25, 0.3) is 0 Å². The van der Waals surface area contributed by atoms with Crippen LogP contribution in [-0.2, 0) is 0 Å². The van der Waals surface area contributed by atoms with Gasteiger partial charge in [-0.05, 0) is 80.5 Å². The van der Waals surface area contributed by atoms with Crippen LogP contribution in [0, 0.1) is 18.2 Å². The van der Waals surface area contributed by atoms with Gasteiger partial charge in [0.15, 0.2) is 0 Å². The van der Waals surface area contributed by atoms with Crippen molar-refractivity contribution >= 4 is 34.0 Å². The van der Waals surface area contributed by atoms with Gasteiger partial charge in [-0.25, -0.2) is 18.4 Å². The summed E-state index contributed by atoms with van der Waals surface area (Å²) in [5.74, 6) is -0.367. The lowest BCUT2D eigenvalue weighted by Gasteiger charge is -2.28. The molecule has 0 saturated carbocycles. The van der Waals surface area contributed by atoms with Crippen LogP contribution in [0.2, 0.25) is 0 Å². The predicted octanol–water partition coefficient (Wildman–Crippen LogP) is 6.73. The number of hydrogen-bond donors (Lipinski definition) is 3. The second kappa shape index (κ2) is 13.2. The number of fused-ring (bicyclic) bond motifs is 1. The summed E-state index contributed by atoms with van der Waals surface area (Å²) in [7, 11) is 0. The Bertz CT molecular complexity index is 1600. The largest absolute Gasteiger partial charge is 0.502 e. The van der Waals surface area contributed by atoms with E-state index in [0.29, 0.717) is 34.6 Å². The number of rotatable bonds is 9. The maximum atomic E-state index is 14.8. The van der Waals surface area contributed by atoms with Gasteiger partial charge in [0.05, 0.1) is 17.8 Å². The number of halogens is 2. The maximum absolute atomic E-state index is 14.8. The predicted molar refractivity (Wildman–Crippen MR) is 155 cm³/mol. The third kappa shape index (κ3) is 7.28. The molecule has 1 atom stereocenters. The standard InChI is InChI=1S/C31H29F2N5O4/c1-34-28-16-24-27(17-30(28)41-19-22(39)18-38-13-3-2-4-14-38)35-12-11-29(24)42-23-9-10-26(25(33)15-23)37-31(40)36-21-7-5-20(32)6-8-21/h5-12,15-17,22,39H,2-4,13-14,18-19H2,(H2,36,37,40).